The summed E-state index contributed by atoms with van der Waals surface area (Å²) in [4.78, 5) is 16.0. The molecule has 0 spiro atoms. The van der Waals surface area contributed by atoms with Crippen molar-refractivity contribution >= 4 is 35.1 Å². The molecule has 0 aliphatic rings. The monoisotopic (exact) mass is 335 g/mol. The van der Waals surface area contributed by atoms with E-state index in [9.17, 15) is 9.90 Å². The van der Waals surface area contributed by atoms with Crippen molar-refractivity contribution in [1.29, 1.82) is 5.26 Å². The third-order valence-electron chi connectivity index (χ3n) is 3.21. The Labute approximate surface area is 136 Å². The molecule has 0 amide bonds. The average molecular weight is 336 g/mol. The first-order valence-electron chi connectivity index (χ1n) is 6.18. The summed E-state index contributed by atoms with van der Waals surface area (Å²) in [6, 6.07) is 6.64. The Hall–Kier alpha value is -2.29. The van der Waals surface area contributed by atoms with Crippen LogP contribution in [0.3, 0.4) is 0 Å². The quantitative estimate of drug-likeness (QED) is 0.855. The Morgan fingerprint density at radius 3 is 2.73 bits per heavy atom. The molecule has 2 aromatic rings. The Bertz CT molecular complexity index is 880. The third kappa shape index (κ3) is 2.84. The predicted molar refractivity (Wildman–Crippen MR) is 86.5 cm³/mol. The standard InChI is InChI=1S/C15H11Cl2N3O2/c1-8-10(6-18)14(21)20(2)15(22)11(8)7-19-13-5-9(16)3-4-12(13)17/h3-5,7,22H,1-2H3. The predicted octanol–water partition coefficient (Wildman–Crippen LogP) is 3.33. The minimum absolute atomic E-state index is 0.0426. The molecule has 112 valence electrons. The molecular formula is C15H11Cl2N3O2. The second kappa shape index (κ2) is 6.22. The number of aliphatic imine (C=N–C) groups is 1. The highest BCUT2D eigenvalue weighted by atomic mass is 35.5. The molecule has 1 aromatic heterocycles. The summed E-state index contributed by atoms with van der Waals surface area (Å²) in [5.41, 5.74) is 0.439. The first-order valence-corrected chi connectivity index (χ1v) is 6.94. The van der Waals surface area contributed by atoms with E-state index in [1.807, 2.05) is 6.07 Å². The van der Waals surface area contributed by atoms with E-state index in [-0.39, 0.29) is 17.0 Å². The molecule has 0 atom stereocenters. The lowest BCUT2D eigenvalue weighted by Gasteiger charge is -2.09. The van der Waals surface area contributed by atoms with Gasteiger partial charge < -0.3 is 5.11 Å². The zero-order valence-electron chi connectivity index (χ0n) is 11.8. The van der Waals surface area contributed by atoms with Crippen molar-refractivity contribution in [3.8, 4) is 11.9 Å². The lowest BCUT2D eigenvalue weighted by molar-refractivity contribution is 0.421. The maximum absolute atomic E-state index is 11.9. The van der Waals surface area contributed by atoms with Crippen molar-refractivity contribution in [3.05, 3.63) is 55.3 Å². The molecule has 1 heterocycles. The number of rotatable bonds is 2. The number of hydrogen-bond acceptors (Lipinski definition) is 4. The molecule has 22 heavy (non-hydrogen) atoms. The molecule has 0 aliphatic heterocycles. The molecule has 1 N–H and O–H groups in total. The number of pyridine rings is 1. The van der Waals surface area contributed by atoms with Gasteiger partial charge in [-0.05, 0) is 30.7 Å². The zero-order chi connectivity index (χ0) is 16.4. The van der Waals surface area contributed by atoms with Crippen LogP contribution in [0.4, 0.5) is 5.69 Å². The lowest BCUT2D eigenvalue weighted by atomic mass is 10.1. The van der Waals surface area contributed by atoms with Gasteiger partial charge in [0.25, 0.3) is 5.56 Å². The van der Waals surface area contributed by atoms with Crippen molar-refractivity contribution < 1.29 is 5.11 Å². The van der Waals surface area contributed by atoms with Crippen LogP contribution in [0.1, 0.15) is 16.7 Å². The van der Waals surface area contributed by atoms with Crippen molar-refractivity contribution in [3.63, 3.8) is 0 Å². The van der Waals surface area contributed by atoms with Crippen molar-refractivity contribution in [1.82, 2.24) is 4.57 Å². The molecule has 0 radical (unpaired) electrons. The second-order valence-electron chi connectivity index (χ2n) is 4.57. The molecule has 0 aliphatic carbocycles. The largest absolute Gasteiger partial charge is 0.494 e. The van der Waals surface area contributed by atoms with Crippen LogP contribution >= 0.6 is 23.2 Å². The van der Waals surface area contributed by atoms with Crippen molar-refractivity contribution in [2.45, 2.75) is 6.92 Å². The molecule has 1 aromatic carbocycles. The smallest absolute Gasteiger partial charge is 0.271 e. The van der Waals surface area contributed by atoms with Crippen LogP contribution in [-0.4, -0.2) is 15.9 Å². The number of aromatic nitrogens is 1. The van der Waals surface area contributed by atoms with Crippen LogP contribution in [0.25, 0.3) is 0 Å². The Morgan fingerprint density at radius 2 is 2.09 bits per heavy atom. The van der Waals surface area contributed by atoms with E-state index >= 15 is 0 Å². The summed E-state index contributed by atoms with van der Waals surface area (Å²) in [7, 11) is 1.38. The second-order valence-corrected chi connectivity index (χ2v) is 5.41. The summed E-state index contributed by atoms with van der Waals surface area (Å²) in [6.07, 6.45) is 1.35. The molecule has 0 saturated carbocycles. The summed E-state index contributed by atoms with van der Waals surface area (Å²) in [5, 5.41) is 20.0. The van der Waals surface area contributed by atoms with E-state index in [1.165, 1.54) is 13.3 Å². The number of hydrogen-bond donors (Lipinski definition) is 1. The maximum Gasteiger partial charge on any atom is 0.271 e. The van der Waals surface area contributed by atoms with Crippen LogP contribution in [0.15, 0.2) is 28.0 Å². The third-order valence-corrected chi connectivity index (χ3v) is 3.76. The zero-order valence-corrected chi connectivity index (χ0v) is 13.3. The molecule has 5 nitrogen and oxygen atoms in total. The van der Waals surface area contributed by atoms with Gasteiger partial charge in [0.2, 0.25) is 5.88 Å². The molecular weight excluding hydrogens is 325 g/mol. The van der Waals surface area contributed by atoms with Crippen LogP contribution < -0.4 is 5.56 Å². The van der Waals surface area contributed by atoms with Gasteiger partial charge in [0.1, 0.15) is 11.6 Å². The highest BCUT2D eigenvalue weighted by Gasteiger charge is 2.15. The van der Waals surface area contributed by atoms with E-state index in [4.69, 9.17) is 28.5 Å². The Kier molecular flexibility index (Phi) is 4.55. The molecule has 0 unspecified atom stereocenters. The number of aromatic hydroxyl groups is 1. The fraction of sp³-hybridized carbons (Fsp3) is 0.133. The molecule has 0 bridgehead atoms. The topological polar surface area (TPSA) is 78.4 Å². The summed E-state index contributed by atoms with van der Waals surface area (Å²) in [6.45, 7) is 1.57. The molecule has 7 heteroatoms. The van der Waals surface area contributed by atoms with E-state index in [0.29, 0.717) is 21.3 Å². The summed E-state index contributed by atoms with van der Waals surface area (Å²) < 4.78 is 0.993. The van der Waals surface area contributed by atoms with Crippen LogP contribution in [0.2, 0.25) is 10.0 Å². The number of nitriles is 1. The summed E-state index contributed by atoms with van der Waals surface area (Å²) >= 11 is 11.9. The highest BCUT2D eigenvalue weighted by molar-refractivity contribution is 6.35. The minimum Gasteiger partial charge on any atom is -0.494 e. The molecule has 0 saturated heterocycles. The molecule has 2 rings (SSSR count). The van der Waals surface area contributed by atoms with Gasteiger partial charge in [-0.1, -0.05) is 23.2 Å². The average Bonchev–Trinajstić information content (AvgIpc) is 2.49. The van der Waals surface area contributed by atoms with Gasteiger partial charge in [-0.25, -0.2) is 0 Å². The van der Waals surface area contributed by atoms with Gasteiger partial charge in [-0.15, -0.1) is 0 Å². The fourth-order valence-corrected chi connectivity index (χ4v) is 2.25. The first-order chi connectivity index (χ1) is 10.4. The lowest BCUT2D eigenvalue weighted by Crippen LogP contribution is -2.22. The normalized spacial score (nSPS) is 10.9. The van der Waals surface area contributed by atoms with Gasteiger partial charge in [0.05, 0.1) is 16.3 Å². The number of nitrogens with zero attached hydrogens (tertiary/aromatic N) is 3. The molecule has 0 fully saturated rings. The van der Waals surface area contributed by atoms with E-state index < -0.39 is 5.56 Å². The van der Waals surface area contributed by atoms with Gasteiger partial charge >= 0.3 is 0 Å². The Morgan fingerprint density at radius 1 is 1.41 bits per heavy atom. The SMILES string of the molecule is Cc1c(C=Nc2cc(Cl)ccc2Cl)c(O)n(C)c(=O)c1C#N. The van der Waals surface area contributed by atoms with Gasteiger partial charge in [0, 0.05) is 18.3 Å². The highest BCUT2D eigenvalue weighted by Crippen LogP contribution is 2.28. The van der Waals surface area contributed by atoms with Crippen LogP contribution in [0.5, 0.6) is 5.88 Å². The van der Waals surface area contributed by atoms with Gasteiger partial charge in [-0.3, -0.25) is 14.4 Å². The minimum atomic E-state index is -0.560. The fourth-order valence-electron chi connectivity index (χ4n) is 1.91. The van der Waals surface area contributed by atoms with E-state index in [0.717, 1.165) is 4.57 Å². The van der Waals surface area contributed by atoms with Crippen LogP contribution in [-0.2, 0) is 7.05 Å². The van der Waals surface area contributed by atoms with E-state index in [1.54, 1.807) is 25.1 Å². The number of halogens is 2. The van der Waals surface area contributed by atoms with E-state index in [2.05, 4.69) is 4.99 Å². The van der Waals surface area contributed by atoms with Gasteiger partial charge in [-0.2, -0.15) is 5.26 Å². The number of benzene rings is 1. The summed E-state index contributed by atoms with van der Waals surface area (Å²) in [5.74, 6) is -0.275. The van der Waals surface area contributed by atoms with Crippen molar-refractivity contribution in [2.24, 2.45) is 12.0 Å². The van der Waals surface area contributed by atoms with Crippen molar-refractivity contribution in [2.75, 3.05) is 0 Å². The Balaban J connectivity index is 2.62. The van der Waals surface area contributed by atoms with Gasteiger partial charge in [0.15, 0.2) is 0 Å². The van der Waals surface area contributed by atoms with Crippen LogP contribution in [0, 0.1) is 18.3 Å². The first kappa shape index (κ1) is 16.1. The maximum atomic E-state index is 11.9.